The molecule has 0 fully saturated rings. The minimum Gasteiger partial charge on any atom is -0.497 e. The second-order valence-electron chi connectivity index (χ2n) is 9.06. The molecule has 4 aromatic carbocycles. The van der Waals surface area contributed by atoms with Gasteiger partial charge >= 0.3 is 5.97 Å². The molecule has 0 saturated carbocycles. The Kier molecular flexibility index (Phi) is 6.69. The summed E-state index contributed by atoms with van der Waals surface area (Å²) < 4.78 is 13.3. The number of hydrogen-bond donors (Lipinski definition) is 1. The van der Waals surface area contributed by atoms with E-state index in [-0.39, 0.29) is 5.97 Å². The molecule has 0 aliphatic carbocycles. The SMILES string of the molecule is COC(=O)[C@](c1ccccc1)(c1cn(C)c2ccc(OC)cc12)[C@H](Nc1ccccc1)c1ccccc1. The fourth-order valence-corrected chi connectivity index (χ4v) is 5.29. The van der Waals surface area contributed by atoms with Gasteiger partial charge in [-0.2, -0.15) is 0 Å². The number of para-hydroxylation sites is 1. The molecular weight excluding hydrogens is 460 g/mol. The Hall–Kier alpha value is -4.51. The molecule has 5 aromatic rings. The van der Waals surface area contributed by atoms with Gasteiger partial charge in [0.25, 0.3) is 0 Å². The summed E-state index contributed by atoms with van der Waals surface area (Å²) in [7, 11) is 5.10. The van der Waals surface area contributed by atoms with E-state index in [2.05, 4.69) is 9.88 Å². The average Bonchev–Trinajstić information content (AvgIpc) is 3.29. The highest BCUT2D eigenvalue weighted by Crippen LogP contribution is 2.49. The van der Waals surface area contributed by atoms with Crippen molar-refractivity contribution in [1.82, 2.24) is 4.57 Å². The molecular formula is C32H30N2O3. The number of aromatic nitrogens is 1. The van der Waals surface area contributed by atoms with Crippen molar-refractivity contribution >= 4 is 22.6 Å². The molecule has 5 nitrogen and oxygen atoms in total. The third-order valence-electron chi connectivity index (χ3n) is 7.01. The van der Waals surface area contributed by atoms with E-state index in [9.17, 15) is 4.79 Å². The quantitative estimate of drug-likeness (QED) is 0.252. The van der Waals surface area contributed by atoms with E-state index >= 15 is 0 Å². The number of aryl methyl sites for hydroxylation is 1. The highest BCUT2D eigenvalue weighted by atomic mass is 16.5. The maximum Gasteiger partial charge on any atom is 0.323 e. The van der Waals surface area contributed by atoms with Crippen LogP contribution in [0, 0.1) is 0 Å². The lowest BCUT2D eigenvalue weighted by Crippen LogP contribution is -2.46. The maximum absolute atomic E-state index is 14.3. The smallest absolute Gasteiger partial charge is 0.323 e. The van der Waals surface area contributed by atoms with Crippen molar-refractivity contribution < 1.29 is 14.3 Å². The number of anilines is 1. The van der Waals surface area contributed by atoms with Crippen LogP contribution in [0.2, 0.25) is 0 Å². The van der Waals surface area contributed by atoms with Crippen molar-refractivity contribution in [2.75, 3.05) is 19.5 Å². The number of hydrogen-bond acceptors (Lipinski definition) is 4. The van der Waals surface area contributed by atoms with E-state index in [0.717, 1.165) is 39.0 Å². The zero-order valence-electron chi connectivity index (χ0n) is 21.2. The predicted molar refractivity (Wildman–Crippen MR) is 148 cm³/mol. The Morgan fingerprint density at radius 2 is 1.46 bits per heavy atom. The minimum absolute atomic E-state index is 0.355. The van der Waals surface area contributed by atoms with Gasteiger partial charge in [-0.3, -0.25) is 4.79 Å². The van der Waals surface area contributed by atoms with Gasteiger partial charge in [-0.25, -0.2) is 0 Å². The molecule has 0 aliphatic rings. The first-order valence-corrected chi connectivity index (χ1v) is 12.2. The van der Waals surface area contributed by atoms with E-state index in [1.807, 2.05) is 122 Å². The molecule has 1 N–H and O–H groups in total. The Balaban J connectivity index is 1.91. The van der Waals surface area contributed by atoms with Crippen LogP contribution in [0.4, 0.5) is 5.69 Å². The number of carbonyl (C=O) groups is 1. The molecule has 5 heteroatoms. The molecule has 1 aromatic heterocycles. The summed E-state index contributed by atoms with van der Waals surface area (Å²) in [5.74, 6) is 0.366. The molecule has 2 atom stereocenters. The van der Waals surface area contributed by atoms with Crippen LogP contribution in [-0.4, -0.2) is 24.8 Å². The molecule has 0 unspecified atom stereocenters. The summed E-state index contributed by atoms with van der Waals surface area (Å²) in [6.45, 7) is 0. The van der Waals surface area contributed by atoms with Gasteiger partial charge in [0.15, 0.2) is 0 Å². The summed E-state index contributed by atoms with van der Waals surface area (Å²) in [4.78, 5) is 14.3. The third-order valence-corrected chi connectivity index (χ3v) is 7.01. The van der Waals surface area contributed by atoms with Crippen LogP contribution in [0.15, 0.2) is 115 Å². The average molecular weight is 491 g/mol. The number of nitrogens with one attached hydrogen (secondary N) is 1. The van der Waals surface area contributed by atoms with Crippen LogP contribution in [0.25, 0.3) is 10.9 Å². The number of carbonyl (C=O) groups excluding carboxylic acids is 1. The molecule has 0 amide bonds. The first-order chi connectivity index (χ1) is 18.1. The fraction of sp³-hybridized carbons (Fsp3) is 0.156. The Bertz CT molecular complexity index is 1500. The van der Waals surface area contributed by atoms with Crippen LogP contribution < -0.4 is 10.1 Å². The highest BCUT2D eigenvalue weighted by molar-refractivity contribution is 5.98. The van der Waals surface area contributed by atoms with E-state index in [0.29, 0.717) is 0 Å². The lowest BCUT2D eigenvalue weighted by Gasteiger charge is -2.40. The van der Waals surface area contributed by atoms with Gasteiger partial charge in [-0.05, 0) is 41.5 Å². The summed E-state index contributed by atoms with van der Waals surface area (Å²) in [5.41, 5.74) is 3.28. The van der Waals surface area contributed by atoms with Crippen LogP contribution in [-0.2, 0) is 22.0 Å². The summed E-state index contributed by atoms with van der Waals surface area (Å²) >= 11 is 0. The van der Waals surface area contributed by atoms with Gasteiger partial charge in [0.1, 0.15) is 11.2 Å². The number of methoxy groups -OCH3 is 2. The van der Waals surface area contributed by atoms with Gasteiger partial charge in [-0.1, -0.05) is 78.9 Å². The van der Waals surface area contributed by atoms with Crippen LogP contribution in [0.1, 0.15) is 22.7 Å². The zero-order valence-corrected chi connectivity index (χ0v) is 21.2. The monoisotopic (exact) mass is 490 g/mol. The van der Waals surface area contributed by atoms with Gasteiger partial charge in [0.05, 0.1) is 20.3 Å². The molecule has 0 radical (unpaired) electrons. The minimum atomic E-state index is -1.24. The lowest BCUT2D eigenvalue weighted by molar-refractivity contribution is -0.146. The number of benzene rings is 4. The number of rotatable bonds is 8. The number of nitrogens with zero attached hydrogens (tertiary/aromatic N) is 1. The summed E-state index contributed by atoms with van der Waals surface area (Å²) in [6.07, 6.45) is 2.04. The first kappa shape index (κ1) is 24.2. The Labute approximate surface area is 217 Å². The largest absolute Gasteiger partial charge is 0.497 e. The van der Waals surface area contributed by atoms with E-state index in [1.54, 1.807) is 7.11 Å². The van der Waals surface area contributed by atoms with Gasteiger partial charge in [0.2, 0.25) is 0 Å². The second kappa shape index (κ2) is 10.2. The summed E-state index contributed by atoms with van der Waals surface area (Å²) in [6, 6.07) is 35.4. The predicted octanol–water partition coefficient (Wildman–Crippen LogP) is 6.50. The molecule has 0 saturated heterocycles. The molecule has 0 bridgehead atoms. The first-order valence-electron chi connectivity index (χ1n) is 12.2. The van der Waals surface area contributed by atoms with Gasteiger partial charge in [-0.15, -0.1) is 0 Å². The van der Waals surface area contributed by atoms with Gasteiger partial charge in [0, 0.05) is 35.4 Å². The highest BCUT2D eigenvalue weighted by Gasteiger charge is 2.52. The molecule has 1 heterocycles. The third kappa shape index (κ3) is 4.23. The van der Waals surface area contributed by atoms with E-state index in [4.69, 9.17) is 9.47 Å². The van der Waals surface area contributed by atoms with Crippen LogP contribution in [0.3, 0.4) is 0 Å². The van der Waals surface area contributed by atoms with Crippen molar-refractivity contribution in [3.05, 3.63) is 132 Å². The van der Waals surface area contributed by atoms with Crippen LogP contribution >= 0.6 is 0 Å². The fourth-order valence-electron chi connectivity index (χ4n) is 5.29. The maximum atomic E-state index is 14.3. The standard InChI is InChI=1S/C32H30N2O3/c1-34-22-28(27-21-26(36-2)19-20-29(27)34)32(31(35)37-3,24-15-9-5-10-16-24)30(23-13-7-4-8-14-23)33-25-17-11-6-12-18-25/h4-22,30,33H,1-3H3/t30-,32-/m1/s1. The van der Waals surface area contributed by atoms with Crippen molar-refractivity contribution in [2.45, 2.75) is 11.5 Å². The Morgan fingerprint density at radius 1 is 0.838 bits per heavy atom. The van der Waals surface area contributed by atoms with Gasteiger partial charge < -0.3 is 19.4 Å². The molecule has 186 valence electrons. The Morgan fingerprint density at radius 3 is 2.08 bits per heavy atom. The number of esters is 1. The molecule has 37 heavy (non-hydrogen) atoms. The number of ether oxygens (including phenoxy) is 2. The topological polar surface area (TPSA) is 52.5 Å². The van der Waals surface area contributed by atoms with Crippen LogP contribution in [0.5, 0.6) is 5.75 Å². The zero-order chi connectivity index (χ0) is 25.8. The summed E-state index contributed by atoms with van der Waals surface area (Å²) in [5, 5.41) is 4.63. The number of fused-ring (bicyclic) bond motifs is 1. The second-order valence-corrected chi connectivity index (χ2v) is 9.06. The van der Waals surface area contributed by atoms with Crippen molar-refractivity contribution in [3.8, 4) is 5.75 Å². The molecule has 5 rings (SSSR count). The van der Waals surface area contributed by atoms with Crippen molar-refractivity contribution in [1.29, 1.82) is 0 Å². The van der Waals surface area contributed by atoms with Crippen molar-refractivity contribution in [3.63, 3.8) is 0 Å². The van der Waals surface area contributed by atoms with E-state index < -0.39 is 11.5 Å². The van der Waals surface area contributed by atoms with Crippen molar-refractivity contribution in [2.24, 2.45) is 7.05 Å². The molecule has 0 aliphatic heterocycles. The van der Waals surface area contributed by atoms with E-state index in [1.165, 1.54) is 7.11 Å². The normalized spacial score (nSPS) is 13.5. The lowest BCUT2D eigenvalue weighted by atomic mass is 9.66. The molecule has 0 spiro atoms.